The third-order valence-electron chi connectivity index (χ3n) is 2.73. The van der Waals surface area contributed by atoms with Gasteiger partial charge in [-0.1, -0.05) is 13.3 Å². The highest BCUT2D eigenvalue weighted by Gasteiger charge is 2.08. The molecule has 7 nitrogen and oxygen atoms in total. The summed E-state index contributed by atoms with van der Waals surface area (Å²) in [6, 6.07) is 4.60. The van der Waals surface area contributed by atoms with Gasteiger partial charge in [-0.15, -0.1) is 0 Å². The first-order valence-electron chi connectivity index (χ1n) is 6.75. The van der Waals surface area contributed by atoms with Gasteiger partial charge in [0.1, 0.15) is 0 Å². The van der Waals surface area contributed by atoms with Crippen LogP contribution in [0, 0.1) is 10.1 Å². The van der Waals surface area contributed by atoms with Gasteiger partial charge in [-0.25, -0.2) is 0 Å². The average Bonchev–Trinajstić information content (AvgIpc) is 2.46. The summed E-state index contributed by atoms with van der Waals surface area (Å²) < 4.78 is 5.44. The molecule has 4 N–H and O–H groups in total. The molecule has 0 aromatic heterocycles. The number of nitrogens with zero attached hydrogens (tertiary/aromatic N) is 1. The molecule has 0 heterocycles. The number of unbranched alkanes of at least 4 members (excludes halogenated alkanes) is 1. The third-order valence-corrected chi connectivity index (χ3v) is 2.73. The third kappa shape index (κ3) is 5.85. The molecular formula is C13H22N4O3. The number of rotatable bonds is 10. The van der Waals surface area contributed by atoms with Crippen LogP contribution in [0.15, 0.2) is 18.2 Å². The molecule has 0 spiro atoms. The topological polar surface area (TPSA) is 102 Å². The Kier molecular flexibility index (Phi) is 7.38. The zero-order valence-electron chi connectivity index (χ0n) is 11.7. The first-order valence-corrected chi connectivity index (χ1v) is 6.75. The fourth-order valence-electron chi connectivity index (χ4n) is 1.66. The number of ether oxygens (including phenoxy) is 1. The monoisotopic (exact) mass is 282 g/mol. The van der Waals surface area contributed by atoms with E-state index in [1.54, 1.807) is 6.07 Å². The van der Waals surface area contributed by atoms with Crippen molar-refractivity contribution in [2.24, 2.45) is 5.84 Å². The summed E-state index contributed by atoms with van der Waals surface area (Å²) in [6.07, 6.45) is 3.04. The first-order chi connectivity index (χ1) is 9.67. The first kappa shape index (κ1) is 16.2. The molecule has 0 aliphatic rings. The Morgan fingerprint density at radius 3 is 2.60 bits per heavy atom. The summed E-state index contributed by atoms with van der Waals surface area (Å²) in [5.74, 6) is 5.29. The van der Waals surface area contributed by atoms with Gasteiger partial charge in [-0.2, -0.15) is 0 Å². The molecule has 20 heavy (non-hydrogen) atoms. The number of nitro benzene ring substituents is 1. The summed E-state index contributed by atoms with van der Waals surface area (Å²) in [5.41, 5.74) is 3.59. The van der Waals surface area contributed by atoms with E-state index in [1.807, 2.05) is 0 Å². The lowest BCUT2D eigenvalue weighted by atomic mass is 10.2. The van der Waals surface area contributed by atoms with Crippen LogP contribution in [0.4, 0.5) is 17.1 Å². The molecule has 0 radical (unpaired) electrons. The fourth-order valence-corrected chi connectivity index (χ4v) is 1.66. The van der Waals surface area contributed by atoms with Gasteiger partial charge in [0.15, 0.2) is 0 Å². The Labute approximate surface area is 118 Å². The minimum Gasteiger partial charge on any atom is -0.385 e. The summed E-state index contributed by atoms with van der Waals surface area (Å²) in [5, 5.41) is 13.9. The molecule has 0 saturated heterocycles. The van der Waals surface area contributed by atoms with E-state index in [-0.39, 0.29) is 5.69 Å². The number of nitro groups is 1. The number of benzene rings is 1. The summed E-state index contributed by atoms with van der Waals surface area (Å²) in [4.78, 5) is 10.3. The van der Waals surface area contributed by atoms with Crippen LogP contribution in [0.3, 0.4) is 0 Å². The van der Waals surface area contributed by atoms with Gasteiger partial charge in [0.05, 0.1) is 10.6 Å². The zero-order chi connectivity index (χ0) is 14.8. The Hall–Kier alpha value is -1.86. The van der Waals surface area contributed by atoms with E-state index < -0.39 is 4.92 Å². The molecule has 1 aromatic carbocycles. The number of nitrogens with two attached hydrogens (primary N) is 1. The Morgan fingerprint density at radius 1 is 1.25 bits per heavy atom. The molecule has 0 aliphatic carbocycles. The minimum absolute atomic E-state index is 0.00199. The maximum atomic E-state index is 10.8. The van der Waals surface area contributed by atoms with Gasteiger partial charge in [-0.3, -0.25) is 16.0 Å². The number of nitrogen functional groups attached to an aromatic ring is 1. The van der Waals surface area contributed by atoms with E-state index in [0.717, 1.165) is 25.9 Å². The van der Waals surface area contributed by atoms with Crippen molar-refractivity contribution in [1.82, 2.24) is 0 Å². The Balaban J connectivity index is 2.39. The van der Waals surface area contributed by atoms with Crippen LogP contribution in [0.2, 0.25) is 0 Å². The van der Waals surface area contributed by atoms with Crippen LogP contribution in [0.1, 0.15) is 26.2 Å². The lowest BCUT2D eigenvalue weighted by molar-refractivity contribution is -0.384. The predicted molar refractivity (Wildman–Crippen MR) is 79.7 cm³/mol. The smallest absolute Gasteiger partial charge is 0.273 e. The highest BCUT2D eigenvalue weighted by molar-refractivity contribution is 5.63. The van der Waals surface area contributed by atoms with Gasteiger partial charge >= 0.3 is 0 Å². The molecule has 0 atom stereocenters. The maximum Gasteiger partial charge on any atom is 0.273 e. The van der Waals surface area contributed by atoms with E-state index in [4.69, 9.17) is 10.6 Å². The summed E-state index contributed by atoms with van der Waals surface area (Å²) in [7, 11) is 0. The second-order valence-corrected chi connectivity index (χ2v) is 4.42. The molecule has 0 amide bonds. The van der Waals surface area contributed by atoms with Crippen LogP contribution in [-0.2, 0) is 4.74 Å². The number of nitrogens with one attached hydrogen (secondary N) is 2. The quantitative estimate of drug-likeness (QED) is 0.264. The number of anilines is 2. The Morgan fingerprint density at radius 2 is 1.95 bits per heavy atom. The lowest BCUT2D eigenvalue weighted by Gasteiger charge is -2.09. The molecule has 7 heteroatoms. The average molecular weight is 282 g/mol. The second kappa shape index (κ2) is 9.11. The van der Waals surface area contributed by atoms with Crippen LogP contribution in [-0.4, -0.2) is 24.7 Å². The molecule has 112 valence electrons. The molecule has 0 saturated carbocycles. The van der Waals surface area contributed by atoms with Gasteiger partial charge < -0.3 is 15.5 Å². The normalized spacial score (nSPS) is 10.3. The van der Waals surface area contributed by atoms with E-state index >= 15 is 0 Å². The molecule has 0 unspecified atom stereocenters. The number of non-ortho nitro benzene ring substituents is 1. The number of hydrazine groups is 1. The van der Waals surface area contributed by atoms with Crippen molar-refractivity contribution in [2.75, 3.05) is 30.5 Å². The zero-order valence-corrected chi connectivity index (χ0v) is 11.7. The standard InChI is InChI=1S/C13H22N4O3/c1-2-3-6-20-7-4-5-15-11-8-12(16-14)10-13(9-11)17(18)19/h8-10,15-16H,2-7,14H2,1H3. The van der Waals surface area contributed by atoms with Gasteiger partial charge in [0.25, 0.3) is 5.69 Å². The molecule has 0 fully saturated rings. The fraction of sp³-hybridized carbons (Fsp3) is 0.538. The van der Waals surface area contributed by atoms with Crippen molar-refractivity contribution in [2.45, 2.75) is 26.2 Å². The van der Waals surface area contributed by atoms with E-state index in [1.165, 1.54) is 12.1 Å². The molecular weight excluding hydrogens is 260 g/mol. The maximum absolute atomic E-state index is 10.8. The van der Waals surface area contributed by atoms with Crippen LogP contribution in [0.25, 0.3) is 0 Å². The minimum atomic E-state index is -0.445. The van der Waals surface area contributed by atoms with Crippen LogP contribution in [0.5, 0.6) is 0 Å². The van der Waals surface area contributed by atoms with Crippen molar-refractivity contribution in [3.8, 4) is 0 Å². The van der Waals surface area contributed by atoms with E-state index in [9.17, 15) is 10.1 Å². The van der Waals surface area contributed by atoms with Crippen LogP contribution >= 0.6 is 0 Å². The Bertz CT molecular complexity index is 426. The number of hydrogen-bond donors (Lipinski definition) is 3. The van der Waals surface area contributed by atoms with E-state index in [2.05, 4.69) is 17.7 Å². The lowest BCUT2D eigenvalue weighted by Crippen LogP contribution is -2.09. The SMILES string of the molecule is CCCCOCCCNc1cc(NN)cc([N+](=O)[O-])c1. The second-order valence-electron chi connectivity index (χ2n) is 4.42. The molecule has 0 bridgehead atoms. The van der Waals surface area contributed by atoms with Crippen LogP contribution < -0.4 is 16.6 Å². The van der Waals surface area contributed by atoms with Gasteiger partial charge in [0.2, 0.25) is 0 Å². The molecule has 1 rings (SSSR count). The van der Waals surface area contributed by atoms with E-state index in [0.29, 0.717) is 24.5 Å². The largest absolute Gasteiger partial charge is 0.385 e. The summed E-state index contributed by atoms with van der Waals surface area (Å²) >= 11 is 0. The summed E-state index contributed by atoms with van der Waals surface area (Å²) in [6.45, 7) is 4.28. The van der Waals surface area contributed by atoms with Gasteiger partial charge in [0, 0.05) is 37.6 Å². The predicted octanol–water partition coefficient (Wildman–Crippen LogP) is 2.50. The highest BCUT2D eigenvalue weighted by Crippen LogP contribution is 2.23. The van der Waals surface area contributed by atoms with Crippen molar-refractivity contribution >= 4 is 17.1 Å². The number of hydrogen-bond acceptors (Lipinski definition) is 6. The van der Waals surface area contributed by atoms with Gasteiger partial charge in [-0.05, 0) is 18.9 Å². The molecule has 0 aliphatic heterocycles. The van der Waals surface area contributed by atoms with Crippen molar-refractivity contribution < 1.29 is 9.66 Å². The van der Waals surface area contributed by atoms with Crippen molar-refractivity contribution in [3.05, 3.63) is 28.3 Å². The van der Waals surface area contributed by atoms with Crippen molar-refractivity contribution in [3.63, 3.8) is 0 Å². The van der Waals surface area contributed by atoms with Crippen molar-refractivity contribution in [1.29, 1.82) is 0 Å². The highest BCUT2D eigenvalue weighted by atomic mass is 16.6. The molecule has 1 aromatic rings.